The lowest BCUT2D eigenvalue weighted by atomic mass is 9.92. The Bertz CT molecular complexity index is 1060. The number of aromatic nitrogens is 1. The SMILES string of the molecule is Cc1ncc(Br)cc1/C(=C(\N=N)c1ccccc1)c1ccc(N2CCOCC2)cc1. The van der Waals surface area contributed by atoms with Gasteiger partial charge in [0.15, 0.2) is 0 Å². The molecule has 1 saturated heterocycles. The molecule has 30 heavy (non-hydrogen) atoms. The number of halogens is 1. The number of nitrogens with zero attached hydrogens (tertiary/aromatic N) is 3. The summed E-state index contributed by atoms with van der Waals surface area (Å²) in [6, 6.07) is 20.4. The van der Waals surface area contributed by atoms with E-state index in [1.54, 1.807) is 6.20 Å². The lowest BCUT2D eigenvalue weighted by Gasteiger charge is -2.29. The lowest BCUT2D eigenvalue weighted by Crippen LogP contribution is -2.36. The second-order valence-corrected chi connectivity index (χ2v) is 8.05. The van der Waals surface area contributed by atoms with E-state index in [0.717, 1.165) is 58.7 Å². The van der Waals surface area contributed by atoms with Crippen molar-refractivity contribution in [1.82, 2.24) is 4.98 Å². The van der Waals surface area contributed by atoms with Crippen LogP contribution in [0.15, 0.2) is 76.4 Å². The van der Waals surface area contributed by atoms with Gasteiger partial charge in [-0.05, 0) is 46.6 Å². The zero-order valence-corrected chi connectivity index (χ0v) is 18.4. The molecule has 4 rings (SSSR count). The molecule has 0 spiro atoms. The molecule has 1 aliphatic heterocycles. The third kappa shape index (κ3) is 4.35. The molecule has 3 aromatic rings. The lowest BCUT2D eigenvalue weighted by molar-refractivity contribution is 0.122. The topological polar surface area (TPSA) is 61.6 Å². The van der Waals surface area contributed by atoms with Crippen molar-refractivity contribution in [2.75, 3.05) is 31.2 Å². The van der Waals surface area contributed by atoms with Crippen LogP contribution in [0.1, 0.15) is 22.4 Å². The first-order valence-corrected chi connectivity index (χ1v) is 10.7. The van der Waals surface area contributed by atoms with Gasteiger partial charge in [-0.1, -0.05) is 42.5 Å². The Kier molecular flexibility index (Phi) is 6.35. The predicted octanol–water partition coefficient (Wildman–Crippen LogP) is 5.94. The second kappa shape index (κ2) is 9.32. The fourth-order valence-electron chi connectivity index (χ4n) is 3.70. The maximum atomic E-state index is 7.97. The van der Waals surface area contributed by atoms with E-state index in [1.807, 2.05) is 43.3 Å². The van der Waals surface area contributed by atoms with Gasteiger partial charge in [-0.15, -0.1) is 0 Å². The van der Waals surface area contributed by atoms with Crippen molar-refractivity contribution in [3.05, 3.63) is 93.7 Å². The van der Waals surface area contributed by atoms with Crippen molar-refractivity contribution in [3.8, 4) is 0 Å². The molecule has 2 heterocycles. The normalized spacial score (nSPS) is 14.9. The predicted molar refractivity (Wildman–Crippen MR) is 124 cm³/mol. The van der Waals surface area contributed by atoms with Crippen molar-refractivity contribution >= 4 is 32.9 Å². The molecular weight excluding hydrogens is 440 g/mol. The Balaban J connectivity index is 1.86. The number of morpholine rings is 1. The van der Waals surface area contributed by atoms with E-state index in [-0.39, 0.29) is 0 Å². The van der Waals surface area contributed by atoms with Crippen LogP contribution in [0.25, 0.3) is 11.3 Å². The standard InChI is InChI=1S/C24H23BrN4O/c1-17-22(15-20(25)16-27-17)23(24(28-26)19-5-3-2-4-6-19)18-7-9-21(10-8-18)29-11-13-30-14-12-29/h2-10,15-16,26H,11-14H2,1H3/b24-23-,28-26?. The summed E-state index contributed by atoms with van der Waals surface area (Å²) >= 11 is 3.55. The number of anilines is 1. The van der Waals surface area contributed by atoms with Crippen LogP contribution in [-0.2, 0) is 4.74 Å². The first-order chi connectivity index (χ1) is 14.7. The van der Waals surface area contributed by atoms with Crippen LogP contribution in [0.3, 0.4) is 0 Å². The number of hydrogen-bond acceptors (Lipinski definition) is 5. The van der Waals surface area contributed by atoms with Gasteiger partial charge in [-0.25, -0.2) is 5.53 Å². The zero-order chi connectivity index (χ0) is 20.9. The average molecular weight is 463 g/mol. The fourth-order valence-corrected chi connectivity index (χ4v) is 4.03. The van der Waals surface area contributed by atoms with Crippen molar-refractivity contribution in [2.45, 2.75) is 6.92 Å². The van der Waals surface area contributed by atoms with E-state index >= 15 is 0 Å². The number of aryl methyl sites for hydroxylation is 1. The van der Waals surface area contributed by atoms with Gasteiger partial charge in [0, 0.05) is 51.8 Å². The molecule has 0 saturated carbocycles. The van der Waals surface area contributed by atoms with Crippen LogP contribution < -0.4 is 4.90 Å². The summed E-state index contributed by atoms with van der Waals surface area (Å²) in [4.78, 5) is 6.85. The molecule has 5 nitrogen and oxygen atoms in total. The maximum absolute atomic E-state index is 7.97. The van der Waals surface area contributed by atoms with E-state index in [9.17, 15) is 0 Å². The summed E-state index contributed by atoms with van der Waals surface area (Å²) in [6.07, 6.45) is 1.79. The summed E-state index contributed by atoms with van der Waals surface area (Å²) in [5.74, 6) is 0. The van der Waals surface area contributed by atoms with Gasteiger partial charge in [0.05, 0.1) is 13.2 Å². The highest BCUT2D eigenvalue weighted by Crippen LogP contribution is 2.36. The first-order valence-electron chi connectivity index (χ1n) is 9.90. The van der Waals surface area contributed by atoms with Crippen molar-refractivity contribution in [1.29, 1.82) is 5.53 Å². The molecule has 0 aliphatic carbocycles. The first kappa shape index (κ1) is 20.4. The largest absolute Gasteiger partial charge is 0.378 e. The van der Waals surface area contributed by atoms with Crippen LogP contribution in [0.5, 0.6) is 0 Å². The van der Waals surface area contributed by atoms with Gasteiger partial charge in [0.2, 0.25) is 0 Å². The van der Waals surface area contributed by atoms with Crippen LogP contribution >= 0.6 is 15.9 Å². The molecule has 0 amide bonds. The number of pyridine rings is 1. The Morgan fingerprint density at radius 3 is 2.40 bits per heavy atom. The van der Waals surface area contributed by atoms with Gasteiger partial charge in [0.1, 0.15) is 5.70 Å². The van der Waals surface area contributed by atoms with Gasteiger partial charge in [0.25, 0.3) is 0 Å². The molecule has 1 aliphatic rings. The number of hydrogen-bond donors (Lipinski definition) is 1. The molecular formula is C24H23BrN4O. The molecule has 0 bridgehead atoms. The quantitative estimate of drug-likeness (QED) is 0.377. The van der Waals surface area contributed by atoms with E-state index in [0.29, 0.717) is 5.70 Å². The van der Waals surface area contributed by atoms with Gasteiger partial charge < -0.3 is 9.64 Å². The molecule has 0 atom stereocenters. The molecule has 0 radical (unpaired) electrons. The number of nitrogens with one attached hydrogen (secondary N) is 1. The molecule has 1 N–H and O–H groups in total. The smallest absolute Gasteiger partial charge is 0.101 e. The van der Waals surface area contributed by atoms with Crippen LogP contribution in [0, 0.1) is 12.5 Å². The number of benzene rings is 2. The third-order valence-electron chi connectivity index (χ3n) is 5.25. The van der Waals surface area contributed by atoms with E-state index in [4.69, 9.17) is 10.3 Å². The minimum Gasteiger partial charge on any atom is -0.378 e. The van der Waals surface area contributed by atoms with E-state index in [2.05, 4.69) is 55.2 Å². The van der Waals surface area contributed by atoms with Crippen molar-refractivity contribution < 1.29 is 4.74 Å². The highest BCUT2D eigenvalue weighted by Gasteiger charge is 2.18. The number of ether oxygens (including phenoxy) is 1. The zero-order valence-electron chi connectivity index (χ0n) is 16.8. The molecule has 6 heteroatoms. The van der Waals surface area contributed by atoms with Crippen LogP contribution in [0.4, 0.5) is 5.69 Å². The fraction of sp³-hybridized carbons (Fsp3) is 0.208. The Morgan fingerprint density at radius 1 is 1.03 bits per heavy atom. The highest BCUT2D eigenvalue weighted by atomic mass is 79.9. The minimum absolute atomic E-state index is 0.623. The monoisotopic (exact) mass is 462 g/mol. The molecule has 0 unspecified atom stereocenters. The Hall–Kier alpha value is -2.83. The molecule has 1 fully saturated rings. The second-order valence-electron chi connectivity index (χ2n) is 7.13. The van der Waals surface area contributed by atoms with Crippen LogP contribution in [0.2, 0.25) is 0 Å². The minimum atomic E-state index is 0.623. The Labute approximate surface area is 185 Å². The highest BCUT2D eigenvalue weighted by molar-refractivity contribution is 9.10. The van der Waals surface area contributed by atoms with Crippen molar-refractivity contribution in [2.24, 2.45) is 5.11 Å². The van der Waals surface area contributed by atoms with E-state index < -0.39 is 0 Å². The molecule has 152 valence electrons. The Morgan fingerprint density at radius 2 is 1.73 bits per heavy atom. The van der Waals surface area contributed by atoms with Gasteiger partial charge in [-0.3, -0.25) is 4.98 Å². The summed E-state index contributed by atoms with van der Waals surface area (Å²) in [5, 5.41) is 3.95. The van der Waals surface area contributed by atoms with Gasteiger partial charge in [-0.2, -0.15) is 5.11 Å². The van der Waals surface area contributed by atoms with Crippen molar-refractivity contribution in [3.63, 3.8) is 0 Å². The van der Waals surface area contributed by atoms with E-state index in [1.165, 1.54) is 5.69 Å². The van der Waals surface area contributed by atoms with Gasteiger partial charge >= 0.3 is 0 Å². The summed E-state index contributed by atoms with van der Waals surface area (Å²) < 4.78 is 6.36. The molecule has 1 aromatic heterocycles. The summed E-state index contributed by atoms with van der Waals surface area (Å²) in [6.45, 7) is 5.29. The van der Waals surface area contributed by atoms with Crippen LogP contribution in [-0.4, -0.2) is 31.3 Å². The average Bonchev–Trinajstić information content (AvgIpc) is 2.80. The maximum Gasteiger partial charge on any atom is 0.101 e. The third-order valence-corrected chi connectivity index (χ3v) is 5.68. The molecule has 2 aromatic carbocycles. The number of rotatable bonds is 5. The summed E-state index contributed by atoms with van der Waals surface area (Å²) in [7, 11) is 0. The summed E-state index contributed by atoms with van der Waals surface area (Å²) in [5.41, 5.74) is 14.4.